The first kappa shape index (κ1) is 13.5. The van der Waals surface area contributed by atoms with Crippen molar-refractivity contribution in [2.75, 3.05) is 13.7 Å². The van der Waals surface area contributed by atoms with Gasteiger partial charge in [0.25, 0.3) is 10.1 Å². The SMILES string of the molecule is COC(=O)[C@H]1N[C@@H](c2ccccc2)[C@H]2[C@@H]1COS2(=O)=O. The molecule has 0 aliphatic carbocycles. The Morgan fingerprint density at radius 3 is 2.70 bits per heavy atom. The highest BCUT2D eigenvalue weighted by atomic mass is 32.2. The molecule has 4 atom stereocenters. The number of fused-ring (bicyclic) bond motifs is 1. The number of methoxy groups -OCH3 is 1. The molecule has 1 aromatic carbocycles. The van der Waals surface area contributed by atoms with Gasteiger partial charge in [-0.25, -0.2) is 0 Å². The molecular formula is C13H15NO5S. The molecule has 0 aromatic heterocycles. The molecule has 20 heavy (non-hydrogen) atoms. The van der Waals surface area contributed by atoms with Crippen molar-refractivity contribution in [1.82, 2.24) is 5.32 Å². The fourth-order valence-electron chi connectivity index (χ4n) is 2.99. The van der Waals surface area contributed by atoms with E-state index in [9.17, 15) is 13.2 Å². The van der Waals surface area contributed by atoms with Crippen LogP contribution in [-0.4, -0.2) is 39.4 Å². The Morgan fingerprint density at radius 1 is 1.35 bits per heavy atom. The lowest BCUT2D eigenvalue weighted by atomic mass is 9.96. The van der Waals surface area contributed by atoms with Gasteiger partial charge in [-0.3, -0.25) is 14.3 Å². The van der Waals surface area contributed by atoms with Gasteiger partial charge in [0.1, 0.15) is 11.3 Å². The Balaban J connectivity index is 2.01. The largest absolute Gasteiger partial charge is 0.468 e. The van der Waals surface area contributed by atoms with E-state index in [-0.39, 0.29) is 6.61 Å². The maximum absolute atomic E-state index is 12.1. The summed E-state index contributed by atoms with van der Waals surface area (Å²) >= 11 is 0. The Labute approximate surface area is 117 Å². The predicted molar refractivity (Wildman–Crippen MR) is 70.3 cm³/mol. The van der Waals surface area contributed by atoms with Crippen LogP contribution in [0, 0.1) is 5.92 Å². The van der Waals surface area contributed by atoms with E-state index < -0.39 is 39.3 Å². The highest BCUT2D eigenvalue weighted by Crippen LogP contribution is 2.41. The molecule has 7 heteroatoms. The molecule has 3 rings (SSSR count). The van der Waals surface area contributed by atoms with Gasteiger partial charge in [0.15, 0.2) is 0 Å². The summed E-state index contributed by atoms with van der Waals surface area (Å²) in [5.74, 6) is -0.878. The van der Waals surface area contributed by atoms with E-state index in [1.807, 2.05) is 30.3 Å². The Bertz CT molecular complexity index is 615. The Kier molecular flexibility index (Phi) is 3.27. The molecule has 2 aliphatic rings. The van der Waals surface area contributed by atoms with Gasteiger partial charge in [0, 0.05) is 5.92 Å². The lowest BCUT2D eigenvalue weighted by Gasteiger charge is -2.17. The quantitative estimate of drug-likeness (QED) is 0.621. The number of hydrogen-bond acceptors (Lipinski definition) is 6. The standard InChI is InChI=1S/C13H15NO5S/c1-18-13(15)11-9-7-19-20(16,17)12(9)10(14-11)8-5-3-2-4-6-8/h2-6,9-12,14H,7H2,1H3/t9-,10+,11+,12-/m1/s1. The number of nitrogens with one attached hydrogen (secondary N) is 1. The van der Waals surface area contributed by atoms with Gasteiger partial charge in [-0.2, -0.15) is 8.42 Å². The number of carbonyl (C=O) groups is 1. The van der Waals surface area contributed by atoms with Crippen molar-refractivity contribution >= 4 is 16.1 Å². The molecule has 6 nitrogen and oxygen atoms in total. The van der Waals surface area contributed by atoms with Crippen molar-refractivity contribution in [1.29, 1.82) is 0 Å². The van der Waals surface area contributed by atoms with Gasteiger partial charge in [0.2, 0.25) is 0 Å². The first-order valence-electron chi connectivity index (χ1n) is 6.31. The second kappa shape index (κ2) is 4.83. The molecule has 0 bridgehead atoms. The van der Waals surface area contributed by atoms with Gasteiger partial charge in [0.05, 0.1) is 19.8 Å². The van der Waals surface area contributed by atoms with Crippen LogP contribution >= 0.6 is 0 Å². The third-order valence-electron chi connectivity index (χ3n) is 3.91. The molecule has 0 saturated carbocycles. The molecular weight excluding hydrogens is 282 g/mol. The second-order valence-electron chi connectivity index (χ2n) is 4.96. The van der Waals surface area contributed by atoms with Crippen LogP contribution in [0.3, 0.4) is 0 Å². The lowest BCUT2D eigenvalue weighted by Crippen LogP contribution is -2.38. The van der Waals surface area contributed by atoms with E-state index in [1.165, 1.54) is 7.11 Å². The summed E-state index contributed by atoms with van der Waals surface area (Å²) in [4.78, 5) is 11.8. The number of esters is 1. The number of ether oxygens (including phenoxy) is 1. The maximum Gasteiger partial charge on any atom is 0.323 e. The van der Waals surface area contributed by atoms with Gasteiger partial charge in [-0.05, 0) is 5.56 Å². The van der Waals surface area contributed by atoms with E-state index in [0.29, 0.717) is 0 Å². The summed E-state index contributed by atoms with van der Waals surface area (Å²) in [7, 11) is -2.38. The van der Waals surface area contributed by atoms with Crippen molar-refractivity contribution in [2.45, 2.75) is 17.3 Å². The highest BCUT2D eigenvalue weighted by Gasteiger charge is 2.57. The third kappa shape index (κ3) is 2.02. The van der Waals surface area contributed by atoms with Crippen molar-refractivity contribution in [3.63, 3.8) is 0 Å². The summed E-state index contributed by atoms with van der Waals surface area (Å²) in [5, 5.41) is 2.33. The molecule has 2 fully saturated rings. The molecule has 0 unspecified atom stereocenters. The first-order valence-corrected chi connectivity index (χ1v) is 7.79. The van der Waals surface area contributed by atoms with Crippen LogP contribution in [-0.2, 0) is 23.8 Å². The van der Waals surface area contributed by atoms with E-state index in [4.69, 9.17) is 8.92 Å². The monoisotopic (exact) mass is 297 g/mol. The predicted octanol–water partition coefficient (Wildman–Crippen LogP) is 0.217. The summed E-state index contributed by atoms with van der Waals surface area (Å²) in [6.07, 6.45) is 0. The first-order chi connectivity index (χ1) is 9.54. The van der Waals surface area contributed by atoms with Crippen LogP contribution in [0.4, 0.5) is 0 Å². The zero-order chi connectivity index (χ0) is 14.3. The van der Waals surface area contributed by atoms with Crippen LogP contribution in [0.25, 0.3) is 0 Å². The number of rotatable bonds is 2. The molecule has 0 amide bonds. The lowest BCUT2D eigenvalue weighted by molar-refractivity contribution is -0.144. The van der Waals surface area contributed by atoms with E-state index in [2.05, 4.69) is 5.32 Å². The van der Waals surface area contributed by atoms with E-state index >= 15 is 0 Å². The number of carbonyl (C=O) groups excluding carboxylic acids is 1. The van der Waals surface area contributed by atoms with E-state index in [1.54, 1.807) is 0 Å². The molecule has 2 aliphatic heterocycles. The molecule has 2 heterocycles. The third-order valence-corrected chi connectivity index (χ3v) is 5.66. The van der Waals surface area contributed by atoms with Crippen LogP contribution in [0.2, 0.25) is 0 Å². The average molecular weight is 297 g/mol. The Morgan fingerprint density at radius 2 is 2.05 bits per heavy atom. The number of hydrogen-bond donors (Lipinski definition) is 1. The van der Waals surface area contributed by atoms with Crippen molar-refractivity contribution in [2.24, 2.45) is 5.92 Å². The minimum absolute atomic E-state index is 0.0170. The van der Waals surface area contributed by atoms with Crippen LogP contribution in [0.5, 0.6) is 0 Å². The summed E-state index contributed by atoms with van der Waals surface area (Å²) < 4.78 is 33.8. The van der Waals surface area contributed by atoms with Crippen molar-refractivity contribution in [3.05, 3.63) is 35.9 Å². The van der Waals surface area contributed by atoms with Gasteiger partial charge in [-0.15, -0.1) is 0 Å². The fraction of sp³-hybridized carbons (Fsp3) is 0.462. The fourth-order valence-corrected chi connectivity index (χ4v) is 4.73. The minimum Gasteiger partial charge on any atom is -0.468 e. The molecule has 108 valence electrons. The zero-order valence-corrected chi connectivity index (χ0v) is 11.7. The van der Waals surface area contributed by atoms with Crippen molar-refractivity contribution < 1.29 is 22.1 Å². The van der Waals surface area contributed by atoms with E-state index in [0.717, 1.165) is 5.56 Å². The molecule has 0 spiro atoms. The van der Waals surface area contributed by atoms with Crippen molar-refractivity contribution in [3.8, 4) is 0 Å². The Hall–Kier alpha value is -1.44. The second-order valence-corrected chi connectivity index (χ2v) is 6.73. The minimum atomic E-state index is -3.67. The summed E-state index contributed by atoms with van der Waals surface area (Å²) in [6.45, 7) is 0.0170. The topological polar surface area (TPSA) is 81.7 Å². The van der Waals surface area contributed by atoms with Crippen LogP contribution < -0.4 is 5.32 Å². The summed E-state index contributed by atoms with van der Waals surface area (Å²) in [6, 6.07) is 8.07. The highest BCUT2D eigenvalue weighted by molar-refractivity contribution is 7.87. The normalized spacial score (nSPS) is 34.6. The van der Waals surface area contributed by atoms with Crippen LogP contribution in [0.15, 0.2) is 30.3 Å². The maximum atomic E-state index is 12.1. The molecule has 0 radical (unpaired) electrons. The number of benzene rings is 1. The summed E-state index contributed by atoms with van der Waals surface area (Å²) in [5.41, 5.74) is 0.822. The molecule has 1 aromatic rings. The average Bonchev–Trinajstić information content (AvgIpc) is 2.98. The molecule has 1 N–H and O–H groups in total. The smallest absolute Gasteiger partial charge is 0.323 e. The zero-order valence-electron chi connectivity index (χ0n) is 10.9. The van der Waals surface area contributed by atoms with Gasteiger partial charge in [-0.1, -0.05) is 30.3 Å². The van der Waals surface area contributed by atoms with Gasteiger partial charge < -0.3 is 4.74 Å². The van der Waals surface area contributed by atoms with Gasteiger partial charge >= 0.3 is 5.97 Å². The molecule has 2 saturated heterocycles. The van der Waals surface area contributed by atoms with Crippen LogP contribution in [0.1, 0.15) is 11.6 Å².